The van der Waals surface area contributed by atoms with Gasteiger partial charge in [0.2, 0.25) is 5.91 Å². The van der Waals surface area contributed by atoms with Crippen LogP contribution in [0.15, 0.2) is 5.16 Å². The monoisotopic (exact) mass is 184 g/mol. The lowest BCUT2D eigenvalue weighted by Gasteiger charge is -2.06. The van der Waals surface area contributed by atoms with Crippen LogP contribution in [0.2, 0.25) is 0 Å². The highest BCUT2D eigenvalue weighted by atomic mass is 16.4. The number of carbonyl (C=O) groups is 2. The van der Waals surface area contributed by atoms with Crippen molar-refractivity contribution in [3.05, 3.63) is 0 Å². The summed E-state index contributed by atoms with van der Waals surface area (Å²) in [6.45, 7) is 1.56. The number of carbonyl (C=O) groups excluding carboxylic acids is 2. The highest BCUT2D eigenvalue weighted by Crippen LogP contribution is 2.09. The van der Waals surface area contributed by atoms with Crippen LogP contribution in [0, 0.1) is 0 Å². The Bertz CT molecular complexity index is 260. The van der Waals surface area contributed by atoms with Gasteiger partial charge >= 0.3 is 0 Å². The van der Waals surface area contributed by atoms with Gasteiger partial charge in [-0.3, -0.25) is 9.59 Å². The second-order valence-corrected chi connectivity index (χ2v) is 3.14. The molecule has 1 aliphatic heterocycles. The van der Waals surface area contributed by atoms with Gasteiger partial charge in [-0.2, -0.15) is 0 Å². The summed E-state index contributed by atoms with van der Waals surface area (Å²) in [5.74, 6) is -0.182. The van der Waals surface area contributed by atoms with Crippen molar-refractivity contribution in [3.8, 4) is 0 Å². The van der Waals surface area contributed by atoms with E-state index < -0.39 is 0 Å². The molecule has 1 atom stereocenters. The van der Waals surface area contributed by atoms with Gasteiger partial charge in [0, 0.05) is 12.8 Å². The maximum absolute atomic E-state index is 11.4. The van der Waals surface area contributed by atoms with Gasteiger partial charge in [-0.1, -0.05) is 5.16 Å². The Hall–Kier alpha value is -1.39. The number of nitrogens with one attached hydrogen (secondary N) is 1. The van der Waals surface area contributed by atoms with E-state index in [-0.39, 0.29) is 24.2 Å². The third-order valence-corrected chi connectivity index (χ3v) is 1.98. The molecule has 0 unspecified atom stereocenters. The van der Waals surface area contributed by atoms with Crippen molar-refractivity contribution in [2.45, 2.75) is 32.2 Å². The molecule has 5 heteroatoms. The van der Waals surface area contributed by atoms with E-state index >= 15 is 0 Å². The molecule has 0 aromatic rings. The lowest BCUT2D eigenvalue weighted by molar-refractivity contribution is -0.123. The van der Waals surface area contributed by atoms with E-state index in [9.17, 15) is 9.59 Å². The van der Waals surface area contributed by atoms with Crippen LogP contribution in [0.4, 0.5) is 0 Å². The Morgan fingerprint density at radius 3 is 2.92 bits per heavy atom. The molecule has 1 aliphatic rings. The summed E-state index contributed by atoms with van der Waals surface area (Å²) in [4.78, 5) is 22.1. The molecule has 0 aliphatic carbocycles. The van der Waals surface area contributed by atoms with E-state index in [1.54, 1.807) is 6.92 Å². The summed E-state index contributed by atoms with van der Waals surface area (Å²) in [6, 6.07) is -0.385. The number of nitrogens with zero attached hydrogens (tertiary/aromatic N) is 1. The van der Waals surface area contributed by atoms with Gasteiger partial charge in [-0.15, -0.1) is 0 Å². The highest BCUT2D eigenvalue weighted by molar-refractivity contribution is 6.04. The number of oxime groups is 1. The number of rotatable bonds is 3. The Balaban J connectivity index is 2.45. The van der Waals surface area contributed by atoms with Crippen molar-refractivity contribution in [3.63, 3.8) is 0 Å². The van der Waals surface area contributed by atoms with E-state index in [1.807, 2.05) is 0 Å². The number of amides is 1. The largest absolute Gasteiger partial charge is 0.411 e. The van der Waals surface area contributed by atoms with E-state index in [0.717, 1.165) is 0 Å². The van der Waals surface area contributed by atoms with E-state index in [2.05, 4.69) is 10.5 Å². The fraction of sp³-hybridized carbons (Fsp3) is 0.625. The van der Waals surface area contributed by atoms with Crippen molar-refractivity contribution in [2.75, 3.05) is 0 Å². The van der Waals surface area contributed by atoms with Gasteiger partial charge in [0.1, 0.15) is 0 Å². The summed E-state index contributed by atoms with van der Waals surface area (Å²) < 4.78 is 0. The van der Waals surface area contributed by atoms with Crippen LogP contribution in [-0.2, 0) is 9.59 Å². The zero-order chi connectivity index (χ0) is 9.84. The zero-order valence-electron chi connectivity index (χ0n) is 7.41. The summed E-state index contributed by atoms with van der Waals surface area (Å²) in [5, 5.41) is 13.8. The molecule has 1 fully saturated rings. The molecule has 0 aromatic carbocycles. The standard InChI is InChI=1S/C8H12N2O3/c1-5(10-13)4-7(11)6-2-3-8(12)9-6/h6,13H,2-4H2,1H3,(H,9,12)/t6-/m0/s1. The van der Waals surface area contributed by atoms with Crippen LogP contribution in [0.25, 0.3) is 0 Å². The molecule has 0 spiro atoms. The predicted octanol–water partition coefficient (Wildman–Crippen LogP) is 0.0743. The van der Waals surface area contributed by atoms with Gasteiger partial charge < -0.3 is 10.5 Å². The number of Topliss-reactive ketones (excluding diaryl/α,β-unsaturated/α-hetero) is 1. The fourth-order valence-electron chi connectivity index (χ4n) is 1.27. The summed E-state index contributed by atoms with van der Waals surface area (Å²) in [5.41, 5.74) is 0.367. The normalized spacial score (nSPS) is 23.0. The summed E-state index contributed by atoms with van der Waals surface area (Å²) >= 11 is 0. The van der Waals surface area contributed by atoms with Crippen LogP contribution >= 0.6 is 0 Å². The number of hydrogen-bond acceptors (Lipinski definition) is 4. The quantitative estimate of drug-likeness (QED) is 0.370. The van der Waals surface area contributed by atoms with Gasteiger partial charge in [0.05, 0.1) is 11.8 Å². The molecule has 0 aromatic heterocycles. The third-order valence-electron chi connectivity index (χ3n) is 1.98. The zero-order valence-corrected chi connectivity index (χ0v) is 7.41. The van der Waals surface area contributed by atoms with Crippen molar-refractivity contribution in [1.29, 1.82) is 0 Å². The highest BCUT2D eigenvalue weighted by Gasteiger charge is 2.26. The molecular weight excluding hydrogens is 172 g/mol. The molecule has 0 radical (unpaired) electrons. The maximum Gasteiger partial charge on any atom is 0.220 e. The molecule has 13 heavy (non-hydrogen) atoms. The first-order chi connectivity index (χ1) is 6.13. The van der Waals surface area contributed by atoms with Gasteiger partial charge in [0.25, 0.3) is 0 Å². The van der Waals surface area contributed by atoms with Crippen LogP contribution < -0.4 is 5.32 Å². The average molecular weight is 184 g/mol. The Kier molecular flexibility index (Phi) is 3.00. The molecule has 1 rings (SSSR count). The fourth-order valence-corrected chi connectivity index (χ4v) is 1.27. The molecule has 2 N–H and O–H groups in total. The van der Waals surface area contributed by atoms with Crippen LogP contribution in [-0.4, -0.2) is 28.7 Å². The maximum atomic E-state index is 11.4. The predicted molar refractivity (Wildman–Crippen MR) is 45.7 cm³/mol. The molecule has 0 saturated carbocycles. The number of hydrogen-bond donors (Lipinski definition) is 2. The van der Waals surface area contributed by atoms with Gasteiger partial charge in [0.15, 0.2) is 5.78 Å². The van der Waals surface area contributed by atoms with Crippen LogP contribution in [0.5, 0.6) is 0 Å². The topological polar surface area (TPSA) is 78.8 Å². The molecule has 1 saturated heterocycles. The van der Waals surface area contributed by atoms with Gasteiger partial charge in [-0.05, 0) is 13.3 Å². The Morgan fingerprint density at radius 2 is 2.46 bits per heavy atom. The minimum atomic E-state index is -0.385. The number of ketones is 1. The van der Waals surface area contributed by atoms with Crippen LogP contribution in [0.1, 0.15) is 26.2 Å². The van der Waals surface area contributed by atoms with E-state index in [4.69, 9.17) is 5.21 Å². The first kappa shape index (κ1) is 9.70. The second-order valence-electron chi connectivity index (χ2n) is 3.14. The van der Waals surface area contributed by atoms with Crippen molar-refractivity contribution in [1.82, 2.24) is 5.32 Å². The lowest BCUT2D eigenvalue weighted by Crippen LogP contribution is -2.33. The molecule has 72 valence electrons. The molecule has 1 heterocycles. The molecule has 0 bridgehead atoms. The minimum absolute atomic E-state index is 0.0862. The first-order valence-corrected chi connectivity index (χ1v) is 4.13. The molecular formula is C8H12N2O3. The third kappa shape index (κ3) is 2.54. The first-order valence-electron chi connectivity index (χ1n) is 4.13. The van der Waals surface area contributed by atoms with Crippen molar-refractivity contribution >= 4 is 17.4 Å². The smallest absolute Gasteiger partial charge is 0.220 e. The lowest BCUT2D eigenvalue weighted by atomic mass is 10.1. The second kappa shape index (κ2) is 4.02. The molecule has 1 amide bonds. The van der Waals surface area contributed by atoms with Crippen molar-refractivity contribution in [2.24, 2.45) is 5.16 Å². The molecule has 5 nitrogen and oxygen atoms in total. The summed E-state index contributed by atoms with van der Waals surface area (Å²) in [6.07, 6.45) is 1.06. The Labute approximate surface area is 75.8 Å². The van der Waals surface area contributed by atoms with E-state index in [1.165, 1.54) is 0 Å². The average Bonchev–Trinajstić information content (AvgIpc) is 2.51. The SMILES string of the molecule is CC(CC(=O)[C@@H]1CCC(=O)N1)=NO. The minimum Gasteiger partial charge on any atom is -0.411 e. The summed E-state index contributed by atoms with van der Waals surface area (Å²) in [7, 11) is 0. The van der Waals surface area contributed by atoms with Crippen LogP contribution in [0.3, 0.4) is 0 Å². The van der Waals surface area contributed by atoms with Gasteiger partial charge in [-0.25, -0.2) is 0 Å². The Morgan fingerprint density at radius 1 is 1.77 bits per heavy atom. The van der Waals surface area contributed by atoms with Crippen molar-refractivity contribution < 1.29 is 14.8 Å². The van der Waals surface area contributed by atoms with E-state index in [0.29, 0.717) is 18.6 Å².